The number of unbranched alkanes of at least 4 members (excludes halogenated alkanes) is 1. The lowest BCUT2D eigenvalue weighted by Gasteiger charge is -2.19. The second-order valence-corrected chi connectivity index (χ2v) is 5.73. The molecular formula is C15H23BrO4. The van der Waals surface area contributed by atoms with Gasteiger partial charge in [0, 0.05) is 12.5 Å². The molecule has 0 aromatic carbocycles. The zero-order valence-corrected chi connectivity index (χ0v) is 13.7. The third kappa shape index (κ3) is 8.91. The van der Waals surface area contributed by atoms with Crippen molar-refractivity contribution < 1.29 is 19.1 Å². The van der Waals surface area contributed by atoms with Gasteiger partial charge in [-0.05, 0) is 33.1 Å². The fourth-order valence-corrected chi connectivity index (χ4v) is 2.07. The first-order chi connectivity index (χ1) is 9.40. The molecule has 0 spiro atoms. The molecule has 114 valence electrons. The van der Waals surface area contributed by atoms with Crippen LogP contribution in [0, 0.1) is 0 Å². The Balaban J connectivity index is 4.02. The summed E-state index contributed by atoms with van der Waals surface area (Å²) in [5.74, 6) is -0.761. The smallest absolute Gasteiger partial charge is 0.330 e. The zero-order chi connectivity index (χ0) is 15.5. The summed E-state index contributed by atoms with van der Waals surface area (Å²) in [6, 6.07) is 0. The topological polar surface area (TPSA) is 52.6 Å². The fraction of sp³-hybridized carbons (Fsp3) is 0.600. The molecule has 4 nitrogen and oxygen atoms in total. The molecule has 0 aliphatic rings. The molecule has 0 aliphatic heterocycles. The molecule has 0 saturated heterocycles. The Labute approximate surface area is 129 Å². The van der Waals surface area contributed by atoms with E-state index < -0.39 is 5.97 Å². The molecule has 3 atom stereocenters. The number of ether oxygens (including phenoxy) is 2. The Hall–Kier alpha value is -1.10. The van der Waals surface area contributed by atoms with Gasteiger partial charge in [-0.3, -0.25) is 4.79 Å². The number of esters is 2. The van der Waals surface area contributed by atoms with Crippen LogP contribution < -0.4 is 0 Å². The summed E-state index contributed by atoms with van der Waals surface area (Å²) in [4.78, 5) is 22.5. The molecule has 1 unspecified atom stereocenters. The van der Waals surface area contributed by atoms with Crippen LogP contribution in [0.5, 0.6) is 0 Å². The summed E-state index contributed by atoms with van der Waals surface area (Å²) in [6.45, 7) is 10.5. The highest BCUT2D eigenvalue weighted by molar-refractivity contribution is 9.10. The van der Waals surface area contributed by atoms with Gasteiger partial charge in [0.15, 0.2) is 0 Å². The van der Waals surface area contributed by atoms with Crippen LogP contribution in [0.25, 0.3) is 0 Å². The minimum atomic E-state index is -0.473. The van der Waals surface area contributed by atoms with Crippen molar-refractivity contribution in [2.24, 2.45) is 0 Å². The maximum absolute atomic E-state index is 11.8. The van der Waals surface area contributed by atoms with Crippen molar-refractivity contribution in [2.75, 3.05) is 0 Å². The van der Waals surface area contributed by atoms with Gasteiger partial charge in [0.1, 0.15) is 17.0 Å². The van der Waals surface area contributed by atoms with Crippen LogP contribution in [0.15, 0.2) is 25.3 Å². The van der Waals surface area contributed by atoms with E-state index in [0.29, 0.717) is 12.8 Å². The number of rotatable bonds is 10. The molecule has 0 fully saturated rings. The highest BCUT2D eigenvalue weighted by atomic mass is 79.9. The van der Waals surface area contributed by atoms with Gasteiger partial charge in [-0.25, -0.2) is 4.79 Å². The van der Waals surface area contributed by atoms with Crippen LogP contribution in [0.1, 0.15) is 39.5 Å². The van der Waals surface area contributed by atoms with Crippen LogP contribution >= 0.6 is 15.9 Å². The van der Waals surface area contributed by atoms with Gasteiger partial charge in [-0.15, -0.1) is 6.58 Å². The standard InChI is InChI=1S/C15H23BrO4/c1-5-7-8-9-13(16)15(18)20-12(4)10-11(3)19-14(17)6-2/h5-6,11-13H,1-2,7-10H2,3-4H3/t11-,12-,13?/m1/s1. The second-order valence-electron chi connectivity index (χ2n) is 4.62. The number of carbonyl (C=O) groups excluding carboxylic acids is 2. The van der Waals surface area contributed by atoms with Crippen LogP contribution in [-0.2, 0) is 19.1 Å². The summed E-state index contributed by atoms with van der Waals surface area (Å²) in [5, 5.41) is 0. The Bertz CT molecular complexity index is 341. The van der Waals surface area contributed by atoms with Gasteiger partial charge >= 0.3 is 11.9 Å². The molecule has 0 heterocycles. The molecule has 0 radical (unpaired) electrons. The van der Waals surface area contributed by atoms with Gasteiger partial charge in [-0.1, -0.05) is 28.6 Å². The van der Waals surface area contributed by atoms with Gasteiger partial charge in [0.05, 0.1) is 0 Å². The van der Waals surface area contributed by atoms with E-state index in [4.69, 9.17) is 9.47 Å². The van der Waals surface area contributed by atoms with Gasteiger partial charge < -0.3 is 9.47 Å². The van der Waals surface area contributed by atoms with Crippen molar-refractivity contribution in [1.82, 2.24) is 0 Å². The summed E-state index contributed by atoms with van der Waals surface area (Å²) in [5.41, 5.74) is 0. The number of halogens is 1. The van der Waals surface area contributed by atoms with E-state index in [1.165, 1.54) is 0 Å². The van der Waals surface area contributed by atoms with E-state index >= 15 is 0 Å². The molecular weight excluding hydrogens is 324 g/mol. The molecule has 0 aromatic heterocycles. The largest absolute Gasteiger partial charge is 0.462 e. The lowest BCUT2D eigenvalue weighted by atomic mass is 10.2. The minimum absolute atomic E-state index is 0.288. The van der Waals surface area contributed by atoms with Gasteiger partial charge in [0.25, 0.3) is 0 Å². The van der Waals surface area contributed by atoms with Crippen molar-refractivity contribution in [3.8, 4) is 0 Å². The summed E-state index contributed by atoms with van der Waals surface area (Å²) < 4.78 is 10.3. The summed E-state index contributed by atoms with van der Waals surface area (Å²) >= 11 is 3.31. The second kappa shape index (κ2) is 10.7. The molecule has 0 saturated carbocycles. The zero-order valence-electron chi connectivity index (χ0n) is 12.1. The normalized spacial score (nSPS) is 14.8. The average molecular weight is 347 g/mol. The van der Waals surface area contributed by atoms with Crippen molar-refractivity contribution in [2.45, 2.75) is 56.6 Å². The molecule has 0 aliphatic carbocycles. The van der Waals surface area contributed by atoms with Crippen LogP contribution in [0.2, 0.25) is 0 Å². The van der Waals surface area contributed by atoms with E-state index in [-0.39, 0.29) is 23.0 Å². The number of hydrogen-bond donors (Lipinski definition) is 0. The van der Waals surface area contributed by atoms with Crippen LogP contribution in [0.4, 0.5) is 0 Å². The predicted molar refractivity (Wildman–Crippen MR) is 82.7 cm³/mol. The first-order valence-electron chi connectivity index (χ1n) is 6.69. The lowest BCUT2D eigenvalue weighted by molar-refractivity contribution is -0.151. The third-order valence-corrected chi connectivity index (χ3v) is 3.42. The first kappa shape index (κ1) is 18.9. The maximum atomic E-state index is 11.8. The summed E-state index contributed by atoms with van der Waals surface area (Å²) in [6.07, 6.45) is 5.23. The van der Waals surface area contributed by atoms with Gasteiger partial charge in [0.2, 0.25) is 0 Å². The molecule has 0 rings (SSSR count). The summed E-state index contributed by atoms with van der Waals surface area (Å²) in [7, 11) is 0. The monoisotopic (exact) mass is 346 g/mol. The average Bonchev–Trinajstić information content (AvgIpc) is 2.38. The SMILES string of the molecule is C=CCCCC(Br)C(=O)O[C@H](C)C[C@@H](C)OC(=O)C=C. The first-order valence-corrected chi connectivity index (χ1v) is 7.60. The molecule has 0 aromatic rings. The number of carbonyl (C=O) groups is 2. The van der Waals surface area contributed by atoms with Crippen molar-refractivity contribution in [3.63, 3.8) is 0 Å². The van der Waals surface area contributed by atoms with Crippen molar-refractivity contribution >= 4 is 27.9 Å². The van der Waals surface area contributed by atoms with E-state index in [1.54, 1.807) is 13.8 Å². The molecule has 0 amide bonds. The lowest BCUT2D eigenvalue weighted by Crippen LogP contribution is -2.26. The van der Waals surface area contributed by atoms with Crippen molar-refractivity contribution in [1.29, 1.82) is 0 Å². The minimum Gasteiger partial charge on any atom is -0.462 e. The Kier molecular flexibility index (Phi) is 10.1. The highest BCUT2D eigenvalue weighted by Gasteiger charge is 2.20. The van der Waals surface area contributed by atoms with E-state index in [9.17, 15) is 9.59 Å². The van der Waals surface area contributed by atoms with E-state index in [2.05, 4.69) is 29.1 Å². The molecule has 5 heteroatoms. The third-order valence-electron chi connectivity index (χ3n) is 2.59. The van der Waals surface area contributed by atoms with Crippen LogP contribution in [-0.4, -0.2) is 29.0 Å². The quantitative estimate of drug-likeness (QED) is 0.199. The number of hydrogen-bond acceptors (Lipinski definition) is 4. The molecule has 0 N–H and O–H groups in total. The van der Waals surface area contributed by atoms with Crippen molar-refractivity contribution in [3.05, 3.63) is 25.3 Å². The highest BCUT2D eigenvalue weighted by Crippen LogP contribution is 2.15. The molecule has 20 heavy (non-hydrogen) atoms. The predicted octanol–water partition coefficient (Wildman–Crippen LogP) is 3.55. The van der Waals surface area contributed by atoms with Gasteiger partial charge in [-0.2, -0.15) is 0 Å². The van der Waals surface area contributed by atoms with E-state index in [1.807, 2.05) is 6.08 Å². The maximum Gasteiger partial charge on any atom is 0.330 e. The fourth-order valence-electron chi connectivity index (χ4n) is 1.64. The Morgan fingerprint density at radius 2 is 1.80 bits per heavy atom. The van der Waals surface area contributed by atoms with E-state index in [0.717, 1.165) is 18.9 Å². The number of allylic oxidation sites excluding steroid dienone is 1. The number of alkyl halides is 1. The Morgan fingerprint density at radius 3 is 2.35 bits per heavy atom. The van der Waals surface area contributed by atoms with Crippen LogP contribution in [0.3, 0.4) is 0 Å². The Morgan fingerprint density at radius 1 is 1.20 bits per heavy atom. The molecule has 0 bridgehead atoms.